The zero-order valence-electron chi connectivity index (χ0n) is 15.7. The van der Waals surface area contributed by atoms with Gasteiger partial charge in [-0.15, -0.1) is 11.3 Å². The number of nitrogens with one attached hydrogen (secondary N) is 2. The van der Waals surface area contributed by atoms with E-state index in [1.807, 2.05) is 7.05 Å². The van der Waals surface area contributed by atoms with Crippen molar-refractivity contribution in [1.29, 1.82) is 0 Å². The molecule has 2 aromatic rings. The van der Waals surface area contributed by atoms with Crippen molar-refractivity contribution in [2.45, 2.75) is 45.3 Å². The molecule has 3 rings (SSSR count). The predicted octanol–water partition coefficient (Wildman–Crippen LogP) is 3.04. The Hall–Kier alpha value is -1.92. The number of rotatable bonds is 7. The number of benzene rings is 1. The van der Waals surface area contributed by atoms with E-state index < -0.39 is 0 Å². The number of guanidine groups is 1. The van der Waals surface area contributed by atoms with Gasteiger partial charge in [0, 0.05) is 31.6 Å². The maximum Gasteiger partial charge on any atom is 0.191 e. The van der Waals surface area contributed by atoms with Crippen LogP contribution in [0, 0.1) is 0 Å². The normalized spacial score (nSPS) is 18.2. The molecule has 2 heterocycles. The maximum absolute atomic E-state index is 4.60. The second-order valence-corrected chi connectivity index (χ2v) is 7.59. The molecule has 0 amide bonds. The quantitative estimate of drug-likeness (QED) is 0.580. The van der Waals surface area contributed by atoms with Crippen LogP contribution in [-0.4, -0.2) is 42.0 Å². The van der Waals surface area contributed by atoms with Gasteiger partial charge in [-0.3, -0.25) is 9.89 Å². The standard InChI is InChI=1S/C20H29N5S/c1-3-19-24-17(15-26-19)12-22-20(21-2)23-13-18-10-7-11-25(18)14-16-8-5-4-6-9-16/h4-6,8-9,15,18H,3,7,10-14H2,1-2H3,(H2,21,22,23). The molecule has 6 heteroatoms. The molecule has 26 heavy (non-hydrogen) atoms. The van der Waals surface area contributed by atoms with Crippen molar-refractivity contribution < 1.29 is 0 Å². The van der Waals surface area contributed by atoms with Gasteiger partial charge in [0.25, 0.3) is 0 Å². The second kappa shape index (κ2) is 9.69. The van der Waals surface area contributed by atoms with E-state index in [1.165, 1.54) is 30.0 Å². The van der Waals surface area contributed by atoms with E-state index in [-0.39, 0.29) is 0 Å². The highest BCUT2D eigenvalue weighted by Crippen LogP contribution is 2.19. The molecule has 1 aliphatic rings. The van der Waals surface area contributed by atoms with Crippen LogP contribution in [0.2, 0.25) is 0 Å². The third kappa shape index (κ3) is 5.29. The van der Waals surface area contributed by atoms with E-state index in [1.54, 1.807) is 11.3 Å². The molecule has 1 atom stereocenters. The van der Waals surface area contributed by atoms with Gasteiger partial charge in [0.05, 0.1) is 17.2 Å². The van der Waals surface area contributed by atoms with Gasteiger partial charge in [-0.1, -0.05) is 37.3 Å². The van der Waals surface area contributed by atoms with Gasteiger partial charge >= 0.3 is 0 Å². The average Bonchev–Trinajstić information content (AvgIpc) is 3.32. The summed E-state index contributed by atoms with van der Waals surface area (Å²) in [4.78, 5) is 11.5. The van der Waals surface area contributed by atoms with Crippen LogP contribution in [0.5, 0.6) is 0 Å². The fourth-order valence-corrected chi connectivity index (χ4v) is 4.10. The Bertz CT molecular complexity index is 697. The molecule has 0 bridgehead atoms. The molecule has 2 N–H and O–H groups in total. The lowest BCUT2D eigenvalue weighted by Gasteiger charge is -2.25. The van der Waals surface area contributed by atoms with Crippen LogP contribution in [0.3, 0.4) is 0 Å². The smallest absolute Gasteiger partial charge is 0.191 e. The molecule has 5 nitrogen and oxygen atoms in total. The average molecular weight is 372 g/mol. The first-order valence-electron chi connectivity index (χ1n) is 9.44. The minimum Gasteiger partial charge on any atom is -0.355 e. The summed E-state index contributed by atoms with van der Waals surface area (Å²) in [5.41, 5.74) is 2.47. The lowest BCUT2D eigenvalue weighted by molar-refractivity contribution is 0.245. The number of hydrogen-bond acceptors (Lipinski definition) is 4. The SMILES string of the molecule is CCc1nc(CNC(=NC)NCC2CCCN2Cc2ccccc2)cs1. The van der Waals surface area contributed by atoms with Gasteiger partial charge in [-0.05, 0) is 31.4 Å². The number of likely N-dealkylation sites (tertiary alicyclic amines) is 1. The zero-order chi connectivity index (χ0) is 18.2. The summed E-state index contributed by atoms with van der Waals surface area (Å²) >= 11 is 1.73. The van der Waals surface area contributed by atoms with Gasteiger partial charge in [0.2, 0.25) is 0 Å². The fourth-order valence-electron chi connectivity index (χ4n) is 3.35. The number of thiazole rings is 1. The van der Waals surface area contributed by atoms with Crippen molar-refractivity contribution in [3.8, 4) is 0 Å². The molecule has 1 aliphatic heterocycles. The number of nitrogens with zero attached hydrogens (tertiary/aromatic N) is 3. The highest BCUT2D eigenvalue weighted by Gasteiger charge is 2.24. The third-order valence-corrected chi connectivity index (χ3v) is 5.84. The van der Waals surface area contributed by atoms with E-state index in [4.69, 9.17) is 0 Å². The van der Waals surface area contributed by atoms with Crippen LogP contribution >= 0.6 is 11.3 Å². The Kier molecular flexibility index (Phi) is 7.03. The fraction of sp³-hybridized carbons (Fsp3) is 0.500. The topological polar surface area (TPSA) is 52.6 Å². The van der Waals surface area contributed by atoms with Crippen molar-refractivity contribution in [1.82, 2.24) is 20.5 Å². The molecular formula is C20H29N5S. The van der Waals surface area contributed by atoms with Gasteiger partial charge in [-0.25, -0.2) is 4.98 Å². The molecule has 0 radical (unpaired) electrons. The van der Waals surface area contributed by atoms with Crippen LogP contribution < -0.4 is 10.6 Å². The molecule has 0 saturated carbocycles. The molecule has 1 aromatic carbocycles. The first kappa shape index (κ1) is 18.9. The molecule has 0 spiro atoms. The van der Waals surface area contributed by atoms with Crippen molar-refractivity contribution in [3.63, 3.8) is 0 Å². The molecule has 1 aromatic heterocycles. The van der Waals surface area contributed by atoms with Crippen LogP contribution in [0.4, 0.5) is 0 Å². The summed E-state index contributed by atoms with van der Waals surface area (Å²) in [6.07, 6.45) is 3.50. The molecule has 140 valence electrons. The summed E-state index contributed by atoms with van der Waals surface area (Å²) in [6.45, 7) is 5.97. The van der Waals surface area contributed by atoms with Crippen LogP contribution in [0.1, 0.15) is 36.0 Å². The largest absolute Gasteiger partial charge is 0.355 e. The Labute approximate surface area is 160 Å². The van der Waals surface area contributed by atoms with Crippen LogP contribution in [0.25, 0.3) is 0 Å². The minimum absolute atomic E-state index is 0.555. The summed E-state index contributed by atoms with van der Waals surface area (Å²) in [7, 11) is 1.82. The Morgan fingerprint density at radius 1 is 1.31 bits per heavy atom. The Morgan fingerprint density at radius 3 is 2.88 bits per heavy atom. The monoisotopic (exact) mass is 371 g/mol. The van der Waals surface area contributed by atoms with E-state index >= 15 is 0 Å². The minimum atomic E-state index is 0.555. The zero-order valence-corrected chi connectivity index (χ0v) is 16.6. The summed E-state index contributed by atoms with van der Waals surface area (Å²) < 4.78 is 0. The first-order chi connectivity index (χ1) is 12.8. The Morgan fingerprint density at radius 2 is 2.15 bits per heavy atom. The van der Waals surface area contributed by atoms with E-state index in [9.17, 15) is 0 Å². The summed E-state index contributed by atoms with van der Waals surface area (Å²) in [6, 6.07) is 11.3. The second-order valence-electron chi connectivity index (χ2n) is 6.64. The maximum atomic E-state index is 4.60. The van der Waals surface area contributed by atoms with E-state index in [2.05, 4.69) is 68.1 Å². The van der Waals surface area contributed by atoms with Crippen LogP contribution in [-0.2, 0) is 19.5 Å². The van der Waals surface area contributed by atoms with Crippen molar-refractivity contribution in [2.75, 3.05) is 20.1 Å². The lowest BCUT2D eigenvalue weighted by Crippen LogP contribution is -2.44. The lowest BCUT2D eigenvalue weighted by atomic mass is 10.2. The van der Waals surface area contributed by atoms with Gasteiger partial charge in [-0.2, -0.15) is 0 Å². The molecule has 1 saturated heterocycles. The summed E-state index contributed by atoms with van der Waals surface area (Å²) in [5, 5.41) is 10.2. The van der Waals surface area contributed by atoms with E-state index in [0.717, 1.165) is 31.2 Å². The molecule has 1 unspecified atom stereocenters. The Balaban J connectivity index is 1.46. The molecule has 0 aliphatic carbocycles. The van der Waals surface area contributed by atoms with Crippen molar-refractivity contribution in [2.24, 2.45) is 4.99 Å². The van der Waals surface area contributed by atoms with Gasteiger partial charge < -0.3 is 10.6 Å². The highest BCUT2D eigenvalue weighted by molar-refractivity contribution is 7.09. The van der Waals surface area contributed by atoms with Crippen molar-refractivity contribution in [3.05, 3.63) is 52.0 Å². The number of aromatic nitrogens is 1. The predicted molar refractivity (Wildman–Crippen MR) is 110 cm³/mol. The summed E-state index contributed by atoms with van der Waals surface area (Å²) in [5.74, 6) is 0.850. The third-order valence-electron chi connectivity index (χ3n) is 4.80. The number of aliphatic imine (C=N–C) groups is 1. The van der Waals surface area contributed by atoms with Crippen molar-refractivity contribution >= 4 is 17.3 Å². The van der Waals surface area contributed by atoms with Gasteiger partial charge in [0.1, 0.15) is 0 Å². The number of aryl methyl sites for hydroxylation is 1. The first-order valence-corrected chi connectivity index (χ1v) is 10.3. The number of hydrogen-bond donors (Lipinski definition) is 2. The molecule has 1 fully saturated rings. The van der Waals surface area contributed by atoms with Gasteiger partial charge in [0.15, 0.2) is 5.96 Å². The van der Waals surface area contributed by atoms with Crippen LogP contribution in [0.15, 0.2) is 40.7 Å². The molecular weight excluding hydrogens is 342 g/mol. The van der Waals surface area contributed by atoms with E-state index in [0.29, 0.717) is 12.6 Å². The highest BCUT2D eigenvalue weighted by atomic mass is 32.1.